The summed E-state index contributed by atoms with van der Waals surface area (Å²) in [4.78, 5) is 2.70. The van der Waals surface area contributed by atoms with Crippen LogP contribution in [0.1, 0.15) is 17.5 Å². The summed E-state index contributed by atoms with van der Waals surface area (Å²) in [5.41, 5.74) is 3.87. The quantitative estimate of drug-likeness (QED) is 0.629. The van der Waals surface area contributed by atoms with Crippen LogP contribution < -0.4 is 14.9 Å². The van der Waals surface area contributed by atoms with E-state index in [9.17, 15) is 8.42 Å². The molecule has 0 amide bonds. The number of sulfonamides is 1. The molecule has 2 aliphatic rings. The molecule has 1 heterocycles. The van der Waals surface area contributed by atoms with Crippen molar-refractivity contribution >= 4 is 38.1 Å². The molecule has 1 atom stereocenters. The molecular formula is C24H26ClN3O2S. The lowest BCUT2D eigenvalue weighted by molar-refractivity contribution is 0.506. The van der Waals surface area contributed by atoms with Gasteiger partial charge in [-0.05, 0) is 48.6 Å². The molecule has 162 valence electrons. The normalized spacial score (nSPS) is 19.4. The first-order valence-electron chi connectivity index (χ1n) is 10.8. The van der Waals surface area contributed by atoms with Crippen LogP contribution in [0.4, 0.5) is 5.69 Å². The minimum Gasteiger partial charge on any atom is -0.369 e. The van der Waals surface area contributed by atoms with Gasteiger partial charge in [-0.25, -0.2) is 13.1 Å². The molecule has 1 aliphatic heterocycles. The lowest BCUT2D eigenvalue weighted by atomic mass is 9.87. The van der Waals surface area contributed by atoms with Crippen LogP contribution in [0.2, 0.25) is 5.02 Å². The van der Waals surface area contributed by atoms with Crippen molar-refractivity contribution in [2.24, 2.45) is 0 Å². The van der Waals surface area contributed by atoms with Crippen molar-refractivity contribution < 1.29 is 8.42 Å². The summed E-state index contributed by atoms with van der Waals surface area (Å²) in [7, 11) is -3.68. The zero-order chi connectivity index (χ0) is 21.4. The van der Waals surface area contributed by atoms with Crippen LogP contribution in [0.3, 0.4) is 0 Å². The lowest BCUT2D eigenvalue weighted by Gasteiger charge is -2.34. The van der Waals surface area contributed by atoms with Crippen molar-refractivity contribution in [3.05, 3.63) is 70.7 Å². The average Bonchev–Trinajstić information content (AvgIpc) is 2.79. The molecule has 0 spiro atoms. The first kappa shape index (κ1) is 20.8. The topological polar surface area (TPSA) is 61.4 Å². The van der Waals surface area contributed by atoms with Crippen LogP contribution in [0.5, 0.6) is 0 Å². The Hall–Kier alpha value is -2.12. The molecule has 3 aromatic carbocycles. The lowest BCUT2D eigenvalue weighted by Crippen LogP contribution is -2.45. The Morgan fingerprint density at radius 2 is 1.74 bits per heavy atom. The minimum absolute atomic E-state index is 0.129. The number of nitrogens with one attached hydrogen (secondary N) is 2. The number of piperazine rings is 1. The maximum Gasteiger partial charge on any atom is 0.241 e. The highest BCUT2D eigenvalue weighted by Crippen LogP contribution is 2.33. The van der Waals surface area contributed by atoms with Gasteiger partial charge in [-0.2, -0.15) is 0 Å². The highest BCUT2D eigenvalue weighted by Gasteiger charge is 2.28. The number of benzene rings is 3. The number of hydrogen-bond donors (Lipinski definition) is 2. The maximum atomic E-state index is 13.4. The highest BCUT2D eigenvalue weighted by molar-refractivity contribution is 7.89. The minimum atomic E-state index is -3.68. The van der Waals surface area contributed by atoms with Gasteiger partial charge in [0.2, 0.25) is 10.0 Å². The fourth-order valence-electron chi connectivity index (χ4n) is 4.82. The van der Waals surface area contributed by atoms with Crippen molar-refractivity contribution in [2.75, 3.05) is 31.1 Å². The number of rotatable bonds is 4. The molecule has 1 fully saturated rings. The second-order valence-corrected chi connectivity index (χ2v) is 10.4. The van der Waals surface area contributed by atoms with E-state index in [0.29, 0.717) is 16.8 Å². The average molecular weight is 456 g/mol. The monoisotopic (exact) mass is 455 g/mol. The maximum absolute atomic E-state index is 13.4. The van der Waals surface area contributed by atoms with E-state index < -0.39 is 10.0 Å². The first-order chi connectivity index (χ1) is 15.0. The molecule has 0 bridgehead atoms. The molecule has 7 heteroatoms. The second kappa shape index (κ2) is 8.43. The van der Waals surface area contributed by atoms with Gasteiger partial charge in [0.15, 0.2) is 0 Å². The van der Waals surface area contributed by atoms with Crippen molar-refractivity contribution in [3.8, 4) is 0 Å². The molecule has 0 aromatic heterocycles. The van der Waals surface area contributed by atoms with E-state index in [4.69, 9.17) is 11.6 Å². The standard InChI is InChI=1S/C24H26ClN3O2S/c25-22-10-11-24(20-6-2-1-5-19(20)22)31(29,30)27-18-9-8-17-4-3-7-23(21(17)16-18)28-14-12-26-13-15-28/h1-7,10-11,18,26-27H,8-9,12-16H2. The van der Waals surface area contributed by atoms with Gasteiger partial charge in [0, 0.05) is 53.7 Å². The molecule has 0 radical (unpaired) electrons. The van der Waals surface area contributed by atoms with Gasteiger partial charge in [-0.3, -0.25) is 0 Å². The third kappa shape index (κ3) is 4.05. The number of nitrogens with zero attached hydrogens (tertiary/aromatic N) is 1. The third-order valence-electron chi connectivity index (χ3n) is 6.36. The van der Waals surface area contributed by atoms with Gasteiger partial charge in [0.25, 0.3) is 0 Å². The molecule has 1 unspecified atom stereocenters. The molecule has 1 aliphatic carbocycles. The van der Waals surface area contributed by atoms with Gasteiger partial charge in [-0.15, -0.1) is 0 Å². The van der Waals surface area contributed by atoms with Gasteiger partial charge < -0.3 is 10.2 Å². The smallest absolute Gasteiger partial charge is 0.241 e. The van der Waals surface area contributed by atoms with E-state index in [2.05, 4.69) is 33.1 Å². The summed E-state index contributed by atoms with van der Waals surface area (Å²) in [5, 5.41) is 5.36. The van der Waals surface area contributed by atoms with E-state index in [1.54, 1.807) is 12.1 Å². The molecule has 0 saturated carbocycles. The SMILES string of the molecule is O=S(=O)(NC1CCc2cccc(N3CCNCC3)c2C1)c1ccc(Cl)c2ccccc12. The van der Waals surface area contributed by atoms with Crippen LogP contribution in [-0.4, -0.2) is 40.6 Å². The number of anilines is 1. The second-order valence-electron chi connectivity index (χ2n) is 8.30. The fourth-order valence-corrected chi connectivity index (χ4v) is 6.53. The van der Waals surface area contributed by atoms with E-state index >= 15 is 0 Å². The van der Waals surface area contributed by atoms with E-state index in [1.165, 1.54) is 16.8 Å². The summed E-state index contributed by atoms with van der Waals surface area (Å²) in [6.45, 7) is 3.90. The van der Waals surface area contributed by atoms with Gasteiger partial charge in [0.05, 0.1) is 4.90 Å². The molecule has 2 N–H and O–H groups in total. The number of hydrogen-bond acceptors (Lipinski definition) is 4. The number of halogens is 1. The summed E-state index contributed by atoms with van der Waals surface area (Å²) in [5.74, 6) is 0. The Labute approximate surface area is 188 Å². The Balaban J connectivity index is 1.43. The predicted molar refractivity (Wildman–Crippen MR) is 127 cm³/mol. The number of fused-ring (bicyclic) bond motifs is 2. The molecular weight excluding hydrogens is 430 g/mol. The Bertz CT molecular complexity index is 1220. The van der Waals surface area contributed by atoms with Crippen LogP contribution in [0.15, 0.2) is 59.5 Å². The summed E-state index contributed by atoms with van der Waals surface area (Å²) < 4.78 is 29.7. The molecule has 5 nitrogen and oxygen atoms in total. The van der Waals surface area contributed by atoms with E-state index in [-0.39, 0.29) is 10.9 Å². The third-order valence-corrected chi connectivity index (χ3v) is 8.27. The largest absolute Gasteiger partial charge is 0.369 e. The van der Waals surface area contributed by atoms with Crippen molar-refractivity contribution in [3.63, 3.8) is 0 Å². The summed E-state index contributed by atoms with van der Waals surface area (Å²) in [6, 6.07) is 17.0. The predicted octanol–water partition coefficient (Wildman–Crippen LogP) is 3.74. The fraction of sp³-hybridized carbons (Fsp3) is 0.333. The van der Waals surface area contributed by atoms with E-state index in [0.717, 1.165) is 44.4 Å². The van der Waals surface area contributed by atoms with Crippen LogP contribution in [0.25, 0.3) is 10.8 Å². The van der Waals surface area contributed by atoms with Crippen molar-refractivity contribution in [1.29, 1.82) is 0 Å². The zero-order valence-corrected chi connectivity index (χ0v) is 18.8. The van der Waals surface area contributed by atoms with Crippen molar-refractivity contribution in [2.45, 2.75) is 30.2 Å². The van der Waals surface area contributed by atoms with Gasteiger partial charge in [0.1, 0.15) is 0 Å². The Kier molecular flexibility index (Phi) is 5.65. The molecule has 1 saturated heterocycles. The van der Waals surface area contributed by atoms with Gasteiger partial charge in [-0.1, -0.05) is 48.0 Å². The number of aryl methyl sites for hydroxylation is 1. The van der Waals surface area contributed by atoms with E-state index in [1.807, 2.05) is 24.3 Å². The Morgan fingerprint density at radius 3 is 2.55 bits per heavy atom. The van der Waals surface area contributed by atoms with Crippen LogP contribution in [0, 0.1) is 0 Å². The Morgan fingerprint density at radius 1 is 0.968 bits per heavy atom. The van der Waals surface area contributed by atoms with Gasteiger partial charge >= 0.3 is 0 Å². The summed E-state index contributed by atoms with van der Waals surface area (Å²) >= 11 is 6.29. The molecule has 3 aromatic rings. The van der Waals surface area contributed by atoms with Crippen LogP contribution >= 0.6 is 11.6 Å². The molecule has 5 rings (SSSR count). The highest BCUT2D eigenvalue weighted by atomic mass is 35.5. The van der Waals surface area contributed by atoms with Crippen LogP contribution in [-0.2, 0) is 22.9 Å². The van der Waals surface area contributed by atoms with Crippen molar-refractivity contribution in [1.82, 2.24) is 10.0 Å². The molecule has 31 heavy (non-hydrogen) atoms. The first-order valence-corrected chi connectivity index (χ1v) is 12.6. The zero-order valence-electron chi connectivity index (χ0n) is 17.3. The summed E-state index contributed by atoms with van der Waals surface area (Å²) in [6.07, 6.45) is 2.38.